The summed E-state index contributed by atoms with van der Waals surface area (Å²) < 4.78 is 5.21. The van der Waals surface area contributed by atoms with Crippen LogP contribution in [-0.4, -0.2) is 19.6 Å². The first-order chi connectivity index (χ1) is 6.70. The van der Waals surface area contributed by atoms with Crippen LogP contribution in [0.25, 0.3) is 0 Å². The second-order valence-electron chi connectivity index (χ2n) is 2.81. The summed E-state index contributed by atoms with van der Waals surface area (Å²) in [7, 11) is 1.66. The molecule has 0 saturated carbocycles. The van der Waals surface area contributed by atoms with E-state index in [0.717, 1.165) is 17.9 Å². The Morgan fingerprint density at radius 1 is 1.57 bits per heavy atom. The first-order valence-electron chi connectivity index (χ1n) is 4.40. The van der Waals surface area contributed by atoms with E-state index in [-0.39, 0.29) is 6.10 Å². The second-order valence-corrected chi connectivity index (χ2v) is 3.40. The molecule has 0 spiro atoms. The molecule has 0 aromatic heterocycles. The van der Waals surface area contributed by atoms with Gasteiger partial charge in [0.15, 0.2) is 0 Å². The molecule has 0 aromatic carbocycles. The number of methoxy groups -OCH3 is 1. The highest BCUT2D eigenvalue weighted by atomic mass is 35.5. The van der Waals surface area contributed by atoms with Gasteiger partial charge in [0.05, 0.1) is 6.10 Å². The van der Waals surface area contributed by atoms with Gasteiger partial charge >= 0.3 is 0 Å². The quantitative estimate of drug-likeness (QED) is 0.664. The number of allylic oxidation sites excluding steroid dienone is 1. The fourth-order valence-electron chi connectivity index (χ4n) is 0.910. The summed E-state index contributed by atoms with van der Waals surface area (Å²) in [5.74, 6) is 0. The molecule has 3 nitrogen and oxygen atoms in total. The van der Waals surface area contributed by atoms with E-state index in [1.165, 1.54) is 0 Å². The maximum atomic E-state index is 9.91. The van der Waals surface area contributed by atoms with Crippen molar-refractivity contribution in [2.45, 2.75) is 25.9 Å². The molecule has 0 fully saturated rings. The van der Waals surface area contributed by atoms with E-state index in [2.05, 4.69) is 5.32 Å². The van der Waals surface area contributed by atoms with Crippen molar-refractivity contribution in [2.75, 3.05) is 7.11 Å². The maximum absolute atomic E-state index is 9.91. The zero-order valence-electron chi connectivity index (χ0n) is 8.50. The molecule has 14 heavy (non-hydrogen) atoms. The molecule has 4 heteroatoms. The van der Waals surface area contributed by atoms with E-state index in [0.29, 0.717) is 6.41 Å². The lowest BCUT2D eigenvalue weighted by molar-refractivity contribution is -0.108. The fraction of sp³-hybridized carbons (Fsp3) is 0.500. The van der Waals surface area contributed by atoms with Gasteiger partial charge < -0.3 is 10.1 Å². The van der Waals surface area contributed by atoms with Crippen LogP contribution in [0, 0.1) is 0 Å². The number of carbonyl (C=O) groups is 1. The van der Waals surface area contributed by atoms with Crippen LogP contribution in [0.5, 0.6) is 0 Å². The molecular weight excluding hydrogens is 202 g/mol. The first-order valence-corrected chi connectivity index (χ1v) is 4.78. The van der Waals surface area contributed by atoms with Crippen LogP contribution in [0.4, 0.5) is 0 Å². The summed E-state index contributed by atoms with van der Waals surface area (Å²) >= 11 is 5.69. The van der Waals surface area contributed by atoms with E-state index in [1.807, 2.05) is 19.1 Å². The van der Waals surface area contributed by atoms with Gasteiger partial charge in [0.2, 0.25) is 6.41 Å². The number of rotatable bonds is 7. The van der Waals surface area contributed by atoms with Crippen molar-refractivity contribution in [3.05, 3.63) is 23.4 Å². The largest absolute Gasteiger partial charge is 0.381 e. The Balaban J connectivity index is 3.79. The third-order valence-corrected chi connectivity index (χ3v) is 1.83. The minimum Gasteiger partial charge on any atom is -0.381 e. The Morgan fingerprint density at radius 2 is 2.29 bits per heavy atom. The Labute approximate surface area is 89.8 Å². The Morgan fingerprint density at radius 3 is 2.79 bits per heavy atom. The van der Waals surface area contributed by atoms with Crippen molar-refractivity contribution in [1.29, 1.82) is 0 Å². The van der Waals surface area contributed by atoms with Crippen LogP contribution in [0.3, 0.4) is 0 Å². The lowest BCUT2D eigenvalue weighted by Gasteiger charge is -2.10. The van der Waals surface area contributed by atoms with Gasteiger partial charge in [-0.3, -0.25) is 4.79 Å². The number of amides is 1. The van der Waals surface area contributed by atoms with Crippen LogP contribution < -0.4 is 5.32 Å². The summed E-state index contributed by atoms with van der Waals surface area (Å²) in [4.78, 5) is 9.91. The van der Waals surface area contributed by atoms with Crippen LogP contribution in [0.1, 0.15) is 19.8 Å². The predicted octanol–water partition coefficient (Wildman–Crippen LogP) is 2.18. The molecule has 1 amide bonds. The van der Waals surface area contributed by atoms with Crippen LogP contribution in [-0.2, 0) is 9.53 Å². The first kappa shape index (κ1) is 13.2. The Kier molecular flexibility index (Phi) is 8.28. The average molecular weight is 218 g/mol. The smallest absolute Gasteiger partial charge is 0.211 e. The minimum absolute atomic E-state index is 0.105. The summed E-state index contributed by atoms with van der Waals surface area (Å²) in [6, 6.07) is 0. The standard InChI is InChI=1S/C10H16ClNO2/c1-9(11)5-6-10(14-2)4-3-7-12-8-13/h3,5,7-8,10H,4,6H2,1-2H3,(H,12,13)/b7-3-,9-5+. The molecule has 80 valence electrons. The fourth-order valence-corrected chi connectivity index (χ4v) is 0.999. The molecule has 0 aliphatic heterocycles. The van der Waals surface area contributed by atoms with Gasteiger partial charge in [-0.1, -0.05) is 23.8 Å². The monoisotopic (exact) mass is 217 g/mol. The summed E-state index contributed by atoms with van der Waals surface area (Å²) in [5.41, 5.74) is 0. The van der Waals surface area contributed by atoms with Crippen molar-refractivity contribution >= 4 is 18.0 Å². The highest BCUT2D eigenvalue weighted by Gasteiger charge is 2.02. The Hall–Kier alpha value is -0.800. The number of nitrogens with one attached hydrogen (secondary N) is 1. The molecule has 1 unspecified atom stereocenters. The van der Waals surface area contributed by atoms with Crippen LogP contribution >= 0.6 is 11.6 Å². The molecule has 0 saturated heterocycles. The lowest BCUT2D eigenvalue weighted by Crippen LogP contribution is -2.08. The summed E-state index contributed by atoms with van der Waals surface area (Å²) in [6.07, 6.45) is 7.61. The third-order valence-electron chi connectivity index (χ3n) is 1.68. The SMILES string of the molecule is COC(C/C=C\NC=O)C/C=C(\C)Cl. The van der Waals surface area contributed by atoms with Crippen molar-refractivity contribution in [3.8, 4) is 0 Å². The van der Waals surface area contributed by atoms with Crippen molar-refractivity contribution in [3.63, 3.8) is 0 Å². The van der Waals surface area contributed by atoms with Crippen molar-refractivity contribution < 1.29 is 9.53 Å². The molecule has 0 heterocycles. The molecule has 0 rings (SSSR count). The van der Waals surface area contributed by atoms with Crippen LogP contribution in [0.15, 0.2) is 23.4 Å². The average Bonchev–Trinajstić information content (AvgIpc) is 2.16. The van der Waals surface area contributed by atoms with E-state index in [9.17, 15) is 4.79 Å². The van der Waals surface area contributed by atoms with E-state index < -0.39 is 0 Å². The summed E-state index contributed by atoms with van der Waals surface area (Å²) in [5, 5.41) is 3.20. The third kappa shape index (κ3) is 7.83. The van der Waals surface area contributed by atoms with Gasteiger partial charge in [-0.15, -0.1) is 0 Å². The number of hydrogen-bond donors (Lipinski definition) is 1. The number of carbonyl (C=O) groups excluding carboxylic acids is 1. The van der Waals surface area contributed by atoms with Gasteiger partial charge in [0, 0.05) is 12.1 Å². The van der Waals surface area contributed by atoms with Crippen molar-refractivity contribution in [1.82, 2.24) is 5.32 Å². The van der Waals surface area contributed by atoms with E-state index in [1.54, 1.807) is 13.3 Å². The normalized spacial score (nSPS) is 14.4. The molecule has 1 atom stereocenters. The molecule has 0 bridgehead atoms. The highest BCUT2D eigenvalue weighted by molar-refractivity contribution is 6.29. The van der Waals surface area contributed by atoms with Gasteiger partial charge in [-0.2, -0.15) is 0 Å². The molecule has 1 N–H and O–H groups in total. The van der Waals surface area contributed by atoms with Crippen LogP contribution in [0.2, 0.25) is 0 Å². The van der Waals surface area contributed by atoms with Gasteiger partial charge in [-0.25, -0.2) is 0 Å². The highest BCUT2D eigenvalue weighted by Crippen LogP contribution is 2.08. The number of hydrogen-bond acceptors (Lipinski definition) is 2. The zero-order chi connectivity index (χ0) is 10.8. The van der Waals surface area contributed by atoms with Gasteiger partial charge in [0.25, 0.3) is 0 Å². The predicted molar refractivity (Wildman–Crippen MR) is 58.0 cm³/mol. The van der Waals surface area contributed by atoms with Crippen molar-refractivity contribution in [2.24, 2.45) is 0 Å². The second kappa shape index (κ2) is 8.78. The van der Waals surface area contributed by atoms with Gasteiger partial charge in [-0.05, 0) is 26.0 Å². The zero-order valence-corrected chi connectivity index (χ0v) is 9.25. The molecule has 0 aromatic rings. The maximum Gasteiger partial charge on any atom is 0.211 e. The molecule has 0 radical (unpaired) electrons. The molecule has 0 aliphatic rings. The summed E-state index contributed by atoms with van der Waals surface area (Å²) in [6.45, 7) is 1.83. The van der Waals surface area contributed by atoms with Gasteiger partial charge in [0.1, 0.15) is 0 Å². The lowest BCUT2D eigenvalue weighted by atomic mass is 10.2. The van der Waals surface area contributed by atoms with E-state index >= 15 is 0 Å². The topological polar surface area (TPSA) is 38.3 Å². The number of ether oxygens (including phenoxy) is 1. The molecule has 0 aliphatic carbocycles. The minimum atomic E-state index is 0.105. The Bertz CT molecular complexity index is 210. The van der Waals surface area contributed by atoms with E-state index in [4.69, 9.17) is 16.3 Å². The number of halogens is 1. The molecular formula is C10H16ClNO2.